The highest BCUT2D eigenvalue weighted by atomic mass is 19.1. The van der Waals surface area contributed by atoms with Crippen LogP contribution in [0, 0.1) is 5.82 Å². The molecule has 1 aromatic rings. The van der Waals surface area contributed by atoms with Crippen LogP contribution in [-0.4, -0.2) is 52.9 Å². The standard InChI is InChI=1S/C17H20FN3O5/c1-17(10-26-2,16(24)25)19-15(23)13-7-8-14(22)21(20-13)9-11-3-5-12(18)6-4-11/h3-6H,7-10H2,1-2H3,(H,19,23)(H,24,25). The van der Waals surface area contributed by atoms with Gasteiger partial charge in [0, 0.05) is 20.0 Å². The molecular weight excluding hydrogens is 345 g/mol. The molecule has 8 nitrogen and oxygen atoms in total. The summed E-state index contributed by atoms with van der Waals surface area (Å²) in [5.41, 5.74) is -0.910. The summed E-state index contributed by atoms with van der Waals surface area (Å²) in [6.45, 7) is 1.19. The van der Waals surface area contributed by atoms with Crippen LogP contribution in [0.2, 0.25) is 0 Å². The number of rotatable bonds is 7. The molecule has 2 amide bonds. The van der Waals surface area contributed by atoms with Gasteiger partial charge in [-0.15, -0.1) is 0 Å². The summed E-state index contributed by atoms with van der Waals surface area (Å²) in [6, 6.07) is 5.58. The Morgan fingerprint density at radius 3 is 2.58 bits per heavy atom. The third-order valence-corrected chi connectivity index (χ3v) is 3.91. The number of nitrogens with zero attached hydrogens (tertiary/aromatic N) is 2. The van der Waals surface area contributed by atoms with Crippen molar-refractivity contribution >= 4 is 23.5 Å². The van der Waals surface area contributed by atoms with Gasteiger partial charge in [-0.1, -0.05) is 12.1 Å². The smallest absolute Gasteiger partial charge is 0.331 e. The van der Waals surface area contributed by atoms with Gasteiger partial charge in [-0.3, -0.25) is 9.59 Å². The predicted octanol–water partition coefficient (Wildman–Crippen LogP) is 0.910. The maximum absolute atomic E-state index is 13.0. The van der Waals surface area contributed by atoms with E-state index < -0.39 is 23.2 Å². The average molecular weight is 365 g/mol. The quantitative estimate of drug-likeness (QED) is 0.747. The SMILES string of the molecule is COCC(C)(NC(=O)C1=NN(Cc2ccc(F)cc2)C(=O)CC1)C(=O)O. The number of carboxylic acids is 1. The molecule has 1 heterocycles. The molecule has 1 aromatic carbocycles. The minimum Gasteiger partial charge on any atom is -0.479 e. The minimum atomic E-state index is -1.61. The molecule has 2 N–H and O–H groups in total. The summed E-state index contributed by atoms with van der Waals surface area (Å²) in [4.78, 5) is 35.8. The number of aliphatic carboxylic acids is 1. The fraction of sp³-hybridized carbons (Fsp3) is 0.412. The number of hydrogen-bond donors (Lipinski definition) is 2. The fourth-order valence-electron chi connectivity index (χ4n) is 2.41. The van der Waals surface area contributed by atoms with Gasteiger partial charge >= 0.3 is 5.97 Å². The summed E-state index contributed by atoms with van der Waals surface area (Å²) in [7, 11) is 1.33. The monoisotopic (exact) mass is 365 g/mol. The van der Waals surface area contributed by atoms with E-state index >= 15 is 0 Å². The minimum absolute atomic E-state index is 0.0512. The van der Waals surface area contributed by atoms with Crippen molar-refractivity contribution < 1.29 is 28.6 Å². The van der Waals surface area contributed by atoms with Crippen LogP contribution in [0.15, 0.2) is 29.4 Å². The Bertz CT molecular complexity index is 734. The lowest BCUT2D eigenvalue weighted by Crippen LogP contribution is -2.57. The molecule has 2 rings (SSSR count). The summed E-state index contributed by atoms with van der Waals surface area (Å²) in [5.74, 6) is -2.59. The van der Waals surface area contributed by atoms with Gasteiger partial charge in [0.2, 0.25) is 5.91 Å². The summed E-state index contributed by atoms with van der Waals surface area (Å²) >= 11 is 0. The average Bonchev–Trinajstić information content (AvgIpc) is 2.58. The normalized spacial score (nSPS) is 16.7. The van der Waals surface area contributed by atoms with E-state index in [1.54, 1.807) is 0 Å². The molecule has 0 bridgehead atoms. The maximum Gasteiger partial charge on any atom is 0.331 e. The molecule has 1 aliphatic rings. The lowest BCUT2D eigenvalue weighted by atomic mass is 10.0. The highest BCUT2D eigenvalue weighted by Gasteiger charge is 2.37. The Hall–Kier alpha value is -2.81. The zero-order valence-electron chi connectivity index (χ0n) is 14.5. The number of amides is 2. The fourth-order valence-corrected chi connectivity index (χ4v) is 2.41. The molecule has 0 radical (unpaired) electrons. The topological polar surface area (TPSA) is 108 Å². The van der Waals surface area contributed by atoms with Crippen LogP contribution in [0.25, 0.3) is 0 Å². The van der Waals surface area contributed by atoms with Crippen LogP contribution >= 0.6 is 0 Å². The number of nitrogens with one attached hydrogen (secondary N) is 1. The van der Waals surface area contributed by atoms with Crippen molar-refractivity contribution in [2.24, 2.45) is 5.10 Å². The first-order chi connectivity index (χ1) is 12.2. The molecule has 140 valence electrons. The van der Waals surface area contributed by atoms with Gasteiger partial charge < -0.3 is 15.2 Å². The number of halogens is 1. The molecule has 0 aromatic heterocycles. The van der Waals surface area contributed by atoms with E-state index in [9.17, 15) is 23.9 Å². The zero-order valence-corrected chi connectivity index (χ0v) is 14.5. The van der Waals surface area contributed by atoms with E-state index in [0.29, 0.717) is 5.56 Å². The zero-order chi connectivity index (χ0) is 19.3. The molecule has 26 heavy (non-hydrogen) atoms. The molecule has 0 spiro atoms. The molecule has 1 aliphatic heterocycles. The summed E-state index contributed by atoms with van der Waals surface area (Å²) in [6.07, 6.45) is 0.175. The van der Waals surface area contributed by atoms with Crippen LogP contribution in [0.3, 0.4) is 0 Å². The van der Waals surface area contributed by atoms with Gasteiger partial charge in [-0.25, -0.2) is 14.2 Å². The molecular formula is C17H20FN3O5. The Balaban J connectivity index is 2.14. The van der Waals surface area contributed by atoms with Gasteiger partial charge in [0.25, 0.3) is 5.91 Å². The molecule has 0 fully saturated rings. The Labute approximate surface area is 149 Å². The van der Waals surface area contributed by atoms with Crippen molar-refractivity contribution in [1.29, 1.82) is 0 Å². The number of ether oxygens (including phenoxy) is 1. The first-order valence-electron chi connectivity index (χ1n) is 7.92. The van der Waals surface area contributed by atoms with E-state index in [4.69, 9.17) is 4.74 Å². The highest BCUT2D eigenvalue weighted by Crippen LogP contribution is 2.15. The van der Waals surface area contributed by atoms with Gasteiger partial charge in [0.15, 0.2) is 5.54 Å². The molecule has 1 atom stereocenters. The predicted molar refractivity (Wildman–Crippen MR) is 89.7 cm³/mol. The van der Waals surface area contributed by atoms with E-state index in [0.717, 1.165) is 5.01 Å². The highest BCUT2D eigenvalue weighted by molar-refractivity contribution is 6.40. The molecule has 0 saturated heterocycles. The third-order valence-electron chi connectivity index (χ3n) is 3.91. The van der Waals surface area contributed by atoms with Crippen molar-refractivity contribution in [3.63, 3.8) is 0 Å². The number of carbonyl (C=O) groups excluding carboxylic acids is 2. The Morgan fingerprint density at radius 2 is 2.00 bits per heavy atom. The molecule has 1 unspecified atom stereocenters. The molecule has 0 saturated carbocycles. The number of carbonyl (C=O) groups is 3. The van der Waals surface area contributed by atoms with Crippen molar-refractivity contribution in [3.05, 3.63) is 35.6 Å². The number of methoxy groups -OCH3 is 1. The molecule has 0 aliphatic carbocycles. The van der Waals surface area contributed by atoms with Gasteiger partial charge in [-0.2, -0.15) is 5.10 Å². The van der Waals surface area contributed by atoms with E-state index in [2.05, 4.69) is 10.4 Å². The summed E-state index contributed by atoms with van der Waals surface area (Å²) in [5, 5.41) is 16.9. The number of hydrazone groups is 1. The van der Waals surface area contributed by atoms with Gasteiger partial charge in [-0.05, 0) is 24.6 Å². The van der Waals surface area contributed by atoms with Crippen molar-refractivity contribution in [1.82, 2.24) is 10.3 Å². The van der Waals surface area contributed by atoms with Crippen LogP contribution in [0.5, 0.6) is 0 Å². The lowest BCUT2D eigenvalue weighted by molar-refractivity contribution is -0.148. The van der Waals surface area contributed by atoms with Crippen LogP contribution in [0.4, 0.5) is 4.39 Å². The number of hydrogen-bond acceptors (Lipinski definition) is 5. The second-order valence-corrected chi connectivity index (χ2v) is 6.15. The Morgan fingerprint density at radius 1 is 1.35 bits per heavy atom. The lowest BCUT2D eigenvalue weighted by Gasteiger charge is -2.27. The first-order valence-corrected chi connectivity index (χ1v) is 7.92. The van der Waals surface area contributed by atoms with Gasteiger partial charge in [0.05, 0.1) is 13.2 Å². The van der Waals surface area contributed by atoms with Crippen LogP contribution < -0.4 is 5.32 Å². The Kier molecular flexibility index (Phi) is 6.04. The number of benzene rings is 1. The van der Waals surface area contributed by atoms with Crippen LogP contribution in [0.1, 0.15) is 25.3 Å². The van der Waals surface area contributed by atoms with E-state index in [-0.39, 0.29) is 37.6 Å². The van der Waals surface area contributed by atoms with Gasteiger partial charge in [0.1, 0.15) is 11.5 Å². The van der Waals surface area contributed by atoms with Crippen molar-refractivity contribution in [2.45, 2.75) is 31.8 Å². The van der Waals surface area contributed by atoms with E-state index in [1.165, 1.54) is 38.3 Å². The molecule has 9 heteroatoms. The maximum atomic E-state index is 13.0. The summed E-state index contributed by atoms with van der Waals surface area (Å²) < 4.78 is 17.8. The second kappa shape index (κ2) is 8.05. The van der Waals surface area contributed by atoms with Crippen molar-refractivity contribution in [2.75, 3.05) is 13.7 Å². The van der Waals surface area contributed by atoms with E-state index in [1.807, 2.05) is 0 Å². The van der Waals surface area contributed by atoms with Crippen molar-refractivity contribution in [3.8, 4) is 0 Å². The third kappa shape index (κ3) is 4.63. The van der Waals surface area contributed by atoms with Crippen LogP contribution in [-0.2, 0) is 25.7 Å². The second-order valence-electron chi connectivity index (χ2n) is 6.15. The first kappa shape index (κ1) is 19.5. The number of carboxylic acid groups (broad SMARTS) is 1. The largest absolute Gasteiger partial charge is 0.479 e.